The Morgan fingerprint density at radius 1 is 1.23 bits per heavy atom. The second-order valence-electron chi connectivity index (χ2n) is 6.24. The smallest absolute Gasteiger partial charge is 0.191 e. The maximum Gasteiger partial charge on any atom is 0.191 e. The maximum absolute atomic E-state index is 5.05. The van der Waals surface area contributed by atoms with E-state index in [0.29, 0.717) is 0 Å². The average Bonchev–Trinajstić information content (AvgIpc) is 2.42. The Balaban J connectivity index is 0.00000441. The van der Waals surface area contributed by atoms with Crippen LogP contribution in [0.25, 0.3) is 0 Å². The molecular weight excluding hydrogens is 391 g/mol. The van der Waals surface area contributed by atoms with Crippen molar-refractivity contribution in [3.05, 3.63) is 0 Å². The summed E-state index contributed by atoms with van der Waals surface area (Å²) in [6, 6.07) is 0. The van der Waals surface area contributed by atoms with Crippen molar-refractivity contribution in [2.24, 2.45) is 16.8 Å². The first-order valence-corrected chi connectivity index (χ1v) is 8.39. The lowest BCUT2D eigenvalue weighted by Crippen LogP contribution is -2.45. The molecule has 0 spiro atoms. The van der Waals surface area contributed by atoms with Crippen LogP contribution in [-0.4, -0.2) is 63.8 Å². The van der Waals surface area contributed by atoms with Gasteiger partial charge in [-0.25, -0.2) is 0 Å². The number of nitrogens with zero attached hydrogens (tertiary/aromatic N) is 2. The maximum atomic E-state index is 5.05. The molecule has 0 amide bonds. The average molecular weight is 426 g/mol. The predicted molar refractivity (Wildman–Crippen MR) is 105 cm³/mol. The summed E-state index contributed by atoms with van der Waals surface area (Å²) in [5, 5.41) is 6.73. The summed E-state index contributed by atoms with van der Waals surface area (Å²) in [6.45, 7) is 13.8. The molecule has 2 unspecified atom stereocenters. The van der Waals surface area contributed by atoms with Crippen LogP contribution < -0.4 is 10.6 Å². The van der Waals surface area contributed by atoms with Gasteiger partial charge in [-0.05, 0) is 31.6 Å². The largest absolute Gasteiger partial charge is 0.385 e. The zero-order valence-electron chi connectivity index (χ0n) is 14.7. The third-order valence-corrected chi connectivity index (χ3v) is 3.79. The van der Waals surface area contributed by atoms with Gasteiger partial charge in [-0.2, -0.15) is 0 Å². The van der Waals surface area contributed by atoms with Gasteiger partial charge in [-0.15, -0.1) is 24.0 Å². The lowest BCUT2D eigenvalue weighted by molar-refractivity contribution is 0.143. The number of rotatable bonds is 8. The number of halogens is 1. The highest BCUT2D eigenvalue weighted by atomic mass is 127. The third-order valence-electron chi connectivity index (χ3n) is 3.79. The topological polar surface area (TPSA) is 48.9 Å². The third kappa shape index (κ3) is 9.84. The van der Waals surface area contributed by atoms with Crippen LogP contribution in [-0.2, 0) is 4.74 Å². The number of methoxy groups -OCH3 is 1. The molecule has 1 rings (SSSR count). The molecule has 1 fully saturated rings. The highest BCUT2D eigenvalue weighted by molar-refractivity contribution is 14.0. The molecule has 5 nitrogen and oxygen atoms in total. The Labute approximate surface area is 153 Å². The summed E-state index contributed by atoms with van der Waals surface area (Å²) in [7, 11) is 1.73. The van der Waals surface area contributed by atoms with E-state index in [9.17, 15) is 0 Å². The van der Waals surface area contributed by atoms with Crippen LogP contribution in [0.4, 0.5) is 0 Å². The minimum absolute atomic E-state index is 0. The van der Waals surface area contributed by atoms with E-state index in [1.165, 1.54) is 19.5 Å². The molecule has 2 N–H and O–H groups in total. The van der Waals surface area contributed by atoms with Gasteiger partial charge in [-0.3, -0.25) is 4.99 Å². The van der Waals surface area contributed by atoms with Crippen LogP contribution in [0.15, 0.2) is 4.99 Å². The summed E-state index contributed by atoms with van der Waals surface area (Å²) in [4.78, 5) is 7.13. The lowest BCUT2D eigenvalue weighted by Gasteiger charge is -2.35. The van der Waals surface area contributed by atoms with Crippen LogP contribution in [0.2, 0.25) is 0 Å². The summed E-state index contributed by atoms with van der Waals surface area (Å²) in [5.74, 6) is 2.57. The van der Waals surface area contributed by atoms with Gasteiger partial charge < -0.3 is 20.3 Å². The number of likely N-dealkylation sites (tertiary alicyclic amines) is 1. The number of piperidine rings is 1. The standard InChI is InChI=1S/C16H34N4O.HI/c1-5-17-16(18-7-6-10-21-4)19-8-9-20-12-14(2)11-15(3)13-20;/h14-15H,5-13H2,1-4H3,(H2,17,18,19);1H. The normalized spacial score (nSPS) is 23.0. The zero-order valence-corrected chi connectivity index (χ0v) is 17.1. The van der Waals surface area contributed by atoms with E-state index < -0.39 is 0 Å². The number of ether oxygens (including phenoxy) is 1. The number of nitrogens with one attached hydrogen (secondary N) is 2. The number of hydrogen-bond donors (Lipinski definition) is 2. The molecule has 1 heterocycles. The fourth-order valence-corrected chi connectivity index (χ4v) is 3.05. The molecule has 0 radical (unpaired) electrons. The van der Waals surface area contributed by atoms with Crippen molar-refractivity contribution in [3.8, 4) is 0 Å². The van der Waals surface area contributed by atoms with Crippen molar-refractivity contribution in [3.63, 3.8) is 0 Å². The van der Waals surface area contributed by atoms with Crippen molar-refractivity contribution >= 4 is 29.9 Å². The first-order chi connectivity index (χ1) is 10.2. The van der Waals surface area contributed by atoms with Crippen LogP contribution in [0.1, 0.15) is 33.6 Å². The van der Waals surface area contributed by atoms with Crippen molar-refractivity contribution in [2.75, 3.05) is 53.0 Å². The van der Waals surface area contributed by atoms with E-state index in [-0.39, 0.29) is 24.0 Å². The fourth-order valence-electron chi connectivity index (χ4n) is 3.05. The Morgan fingerprint density at radius 2 is 1.91 bits per heavy atom. The van der Waals surface area contributed by atoms with Crippen LogP contribution in [0.3, 0.4) is 0 Å². The molecule has 1 aliphatic heterocycles. The number of aliphatic imine (C=N–C) groups is 1. The second-order valence-corrected chi connectivity index (χ2v) is 6.24. The molecule has 1 aliphatic rings. The van der Waals surface area contributed by atoms with E-state index in [1.54, 1.807) is 7.11 Å². The first-order valence-electron chi connectivity index (χ1n) is 8.39. The summed E-state index contributed by atoms with van der Waals surface area (Å²) < 4.78 is 5.05. The molecule has 6 heteroatoms. The van der Waals surface area contributed by atoms with Gasteiger partial charge in [0.05, 0.1) is 0 Å². The van der Waals surface area contributed by atoms with E-state index >= 15 is 0 Å². The Kier molecular flexibility index (Phi) is 13.3. The summed E-state index contributed by atoms with van der Waals surface area (Å²) >= 11 is 0. The molecule has 0 bridgehead atoms. The number of guanidine groups is 1. The van der Waals surface area contributed by atoms with Gasteiger partial charge in [0.1, 0.15) is 0 Å². The molecule has 2 atom stereocenters. The molecule has 0 saturated carbocycles. The molecule has 0 aromatic heterocycles. The minimum atomic E-state index is 0. The van der Waals surface area contributed by atoms with Gasteiger partial charge in [0.15, 0.2) is 5.96 Å². The van der Waals surface area contributed by atoms with Crippen molar-refractivity contribution in [1.29, 1.82) is 0 Å². The first kappa shape index (κ1) is 21.9. The van der Waals surface area contributed by atoms with Gasteiger partial charge in [0, 0.05) is 53.0 Å². The SMILES string of the molecule is CCNC(=NCCCOC)NCCN1CC(C)CC(C)C1.I. The van der Waals surface area contributed by atoms with E-state index in [4.69, 9.17) is 4.74 Å². The monoisotopic (exact) mass is 426 g/mol. The van der Waals surface area contributed by atoms with Crippen LogP contribution in [0.5, 0.6) is 0 Å². The fraction of sp³-hybridized carbons (Fsp3) is 0.938. The molecule has 22 heavy (non-hydrogen) atoms. The Morgan fingerprint density at radius 3 is 2.50 bits per heavy atom. The van der Waals surface area contributed by atoms with E-state index in [2.05, 4.69) is 41.3 Å². The van der Waals surface area contributed by atoms with Gasteiger partial charge in [0.2, 0.25) is 0 Å². The van der Waals surface area contributed by atoms with Crippen molar-refractivity contribution in [2.45, 2.75) is 33.6 Å². The molecular formula is C16H35IN4O. The van der Waals surface area contributed by atoms with E-state index in [1.807, 2.05) is 0 Å². The van der Waals surface area contributed by atoms with Gasteiger partial charge in [-0.1, -0.05) is 13.8 Å². The zero-order chi connectivity index (χ0) is 15.5. The lowest BCUT2D eigenvalue weighted by atomic mass is 9.92. The summed E-state index contributed by atoms with van der Waals surface area (Å²) in [5.41, 5.74) is 0. The Bertz CT molecular complexity index is 292. The van der Waals surface area contributed by atoms with Gasteiger partial charge >= 0.3 is 0 Å². The molecule has 0 aromatic rings. The predicted octanol–water partition coefficient (Wildman–Crippen LogP) is 2.17. The molecule has 1 saturated heterocycles. The van der Waals surface area contributed by atoms with Crippen LogP contribution >= 0.6 is 24.0 Å². The quantitative estimate of drug-likeness (QED) is 0.270. The van der Waals surface area contributed by atoms with Crippen molar-refractivity contribution in [1.82, 2.24) is 15.5 Å². The van der Waals surface area contributed by atoms with Crippen LogP contribution in [0, 0.1) is 11.8 Å². The molecule has 132 valence electrons. The Hall–Kier alpha value is -0.0800. The van der Waals surface area contributed by atoms with E-state index in [0.717, 1.165) is 57.0 Å². The molecule has 0 aromatic carbocycles. The number of hydrogen-bond acceptors (Lipinski definition) is 3. The molecule has 0 aliphatic carbocycles. The van der Waals surface area contributed by atoms with Gasteiger partial charge in [0.25, 0.3) is 0 Å². The second kappa shape index (κ2) is 13.4. The summed E-state index contributed by atoms with van der Waals surface area (Å²) in [6.07, 6.45) is 2.34. The highest BCUT2D eigenvalue weighted by Gasteiger charge is 2.21. The van der Waals surface area contributed by atoms with Crippen molar-refractivity contribution < 1.29 is 4.74 Å². The minimum Gasteiger partial charge on any atom is -0.385 e. The highest BCUT2D eigenvalue weighted by Crippen LogP contribution is 2.20.